The smallest absolute Gasteiger partial charge is 0.339 e. The molecule has 1 aromatic carbocycles. The maximum atomic E-state index is 11.2. The van der Waals surface area contributed by atoms with Crippen molar-refractivity contribution in [3.63, 3.8) is 0 Å². The van der Waals surface area contributed by atoms with Crippen LogP contribution >= 0.6 is 23.2 Å². The number of hydrogen-bond donors (Lipinski definition) is 2. The van der Waals surface area contributed by atoms with Gasteiger partial charge >= 0.3 is 5.97 Å². The lowest BCUT2D eigenvalue weighted by atomic mass is 10.2. The predicted molar refractivity (Wildman–Crippen MR) is 77.6 cm³/mol. The first-order valence-corrected chi connectivity index (χ1v) is 6.24. The Labute approximate surface area is 128 Å². The third-order valence-corrected chi connectivity index (χ3v) is 3.06. The molecule has 0 fully saturated rings. The molecule has 2 rings (SSSR count). The van der Waals surface area contributed by atoms with E-state index in [9.17, 15) is 14.9 Å². The van der Waals surface area contributed by atoms with Crippen LogP contribution in [0.3, 0.4) is 0 Å². The molecule has 0 spiro atoms. The molecule has 0 saturated heterocycles. The number of hydrogen-bond acceptors (Lipinski definition) is 5. The molecule has 7 nitrogen and oxygen atoms in total. The maximum absolute atomic E-state index is 11.2. The number of rotatable bonds is 4. The Morgan fingerprint density at radius 1 is 1.33 bits per heavy atom. The third kappa shape index (κ3) is 3.39. The number of aromatic nitrogens is 1. The van der Waals surface area contributed by atoms with Crippen LogP contribution in [-0.2, 0) is 0 Å². The first kappa shape index (κ1) is 15.0. The average Bonchev–Trinajstić information content (AvgIpc) is 2.42. The molecule has 1 aromatic heterocycles. The van der Waals surface area contributed by atoms with Gasteiger partial charge in [-0.1, -0.05) is 23.2 Å². The Balaban J connectivity index is 2.46. The van der Waals surface area contributed by atoms with Gasteiger partial charge in [-0.25, -0.2) is 9.78 Å². The zero-order chi connectivity index (χ0) is 15.6. The molecule has 0 saturated carbocycles. The second-order valence-corrected chi connectivity index (χ2v) is 4.74. The number of anilines is 2. The molecule has 0 atom stereocenters. The van der Waals surface area contributed by atoms with Gasteiger partial charge in [0.2, 0.25) is 0 Å². The topological polar surface area (TPSA) is 105 Å². The van der Waals surface area contributed by atoms with E-state index >= 15 is 0 Å². The molecule has 0 aliphatic rings. The molecule has 9 heteroatoms. The molecule has 1 heterocycles. The zero-order valence-electron chi connectivity index (χ0n) is 10.2. The highest BCUT2D eigenvalue weighted by atomic mass is 35.5. The van der Waals surface area contributed by atoms with E-state index in [4.69, 9.17) is 28.3 Å². The van der Waals surface area contributed by atoms with Gasteiger partial charge in [0, 0.05) is 11.1 Å². The number of carboxylic acid groups (broad SMARTS) is 1. The largest absolute Gasteiger partial charge is 0.478 e. The van der Waals surface area contributed by atoms with E-state index in [0.717, 1.165) is 12.3 Å². The number of aromatic carboxylic acids is 1. The molecule has 0 radical (unpaired) electrons. The van der Waals surface area contributed by atoms with Crippen molar-refractivity contribution in [2.75, 3.05) is 5.32 Å². The highest BCUT2D eigenvalue weighted by Gasteiger charge is 2.18. The van der Waals surface area contributed by atoms with Crippen molar-refractivity contribution >= 4 is 46.4 Å². The summed E-state index contributed by atoms with van der Waals surface area (Å²) in [6.45, 7) is 0. The Morgan fingerprint density at radius 3 is 2.67 bits per heavy atom. The van der Waals surface area contributed by atoms with Gasteiger partial charge in [-0.05, 0) is 18.2 Å². The van der Waals surface area contributed by atoms with Crippen molar-refractivity contribution in [1.82, 2.24) is 4.98 Å². The lowest BCUT2D eigenvalue weighted by molar-refractivity contribution is -0.385. The Morgan fingerprint density at radius 2 is 2.05 bits per heavy atom. The van der Waals surface area contributed by atoms with Crippen LogP contribution in [0.4, 0.5) is 17.2 Å². The summed E-state index contributed by atoms with van der Waals surface area (Å²) >= 11 is 11.8. The van der Waals surface area contributed by atoms with Gasteiger partial charge in [0.05, 0.1) is 15.6 Å². The summed E-state index contributed by atoms with van der Waals surface area (Å²) in [7, 11) is 0. The summed E-state index contributed by atoms with van der Waals surface area (Å²) in [6.07, 6.45) is 0.952. The fraction of sp³-hybridized carbons (Fsp3) is 0. The minimum atomic E-state index is -1.35. The molecular formula is C12H7Cl2N3O4. The molecular weight excluding hydrogens is 321 g/mol. The van der Waals surface area contributed by atoms with Crippen molar-refractivity contribution in [1.29, 1.82) is 0 Å². The minimum absolute atomic E-state index is 0.0720. The van der Waals surface area contributed by atoms with Gasteiger partial charge in [0.1, 0.15) is 17.6 Å². The predicted octanol–water partition coefficient (Wildman–Crippen LogP) is 3.74. The minimum Gasteiger partial charge on any atom is -0.478 e. The van der Waals surface area contributed by atoms with E-state index in [1.54, 1.807) is 6.07 Å². The van der Waals surface area contributed by atoms with Crippen LogP contribution in [-0.4, -0.2) is 21.0 Å². The Hall–Kier alpha value is -2.38. The molecule has 0 aliphatic heterocycles. The van der Waals surface area contributed by atoms with Gasteiger partial charge in [-0.15, -0.1) is 0 Å². The summed E-state index contributed by atoms with van der Waals surface area (Å²) in [5.41, 5.74) is -0.427. The molecule has 0 unspecified atom stereocenters. The van der Waals surface area contributed by atoms with Gasteiger partial charge in [-0.3, -0.25) is 10.1 Å². The van der Waals surface area contributed by atoms with E-state index in [2.05, 4.69) is 10.3 Å². The van der Waals surface area contributed by atoms with Crippen LogP contribution < -0.4 is 5.32 Å². The number of benzene rings is 1. The lowest BCUT2D eigenvalue weighted by Crippen LogP contribution is -2.06. The molecule has 2 N–H and O–H groups in total. The highest BCUT2D eigenvalue weighted by molar-refractivity contribution is 6.35. The van der Waals surface area contributed by atoms with Crippen molar-refractivity contribution in [2.45, 2.75) is 0 Å². The first-order chi connectivity index (χ1) is 9.88. The second-order valence-electron chi connectivity index (χ2n) is 3.90. The van der Waals surface area contributed by atoms with Gasteiger partial charge in [0.25, 0.3) is 5.69 Å². The van der Waals surface area contributed by atoms with Crippen LogP contribution in [0.15, 0.2) is 30.5 Å². The molecule has 0 amide bonds. The summed E-state index contributed by atoms with van der Waals surface area (Å²) in [5, 5.41) is 23.2. The molecule has 108 valence electrons. The summed E-state index contributed by atoms with van der Waals surface area (Å²) in [4.78, 5) is 24.9. The highest BCUT2D eigenvalue weighted by Crippen LogP contribution is 2.29. The standard InChI is InChI=1S/C12H7Cl2N3O4/c13-6-1-2-9(14)10(3-6)16-11-8(12(18)19)4-7(5-15-11)17(20)21/h1-5H,(H,15,16)(H,18,19). The Kier molecular flexibility index (Phi) is 4.25. The number of carbonyl (C=O) groups is 1. The number of carboxylic acids is 1. The van der Waals surface area contributed by atoms with E-state index in [1.165, 1.54) is 12.1 Å². The van der Waals surface area contributed by atoms with Crippen LogP contribution in [0.2, 0.25) is 10.0 Å². The van der Waals surface area contributed by atoms with Gasteiger partial charge in [0.15, 0.2) is 0 Å². The third-order valence-electron chi connectivity index (χ3n) is 2.50. The molecule has 21 heavy (non-hydrogen) atoms. The van der Waals surface area contributed by atoms with E-state index in [-0.39, 0.29) is 11.4 Å². The fourth-order valence-corrected chi connectivity index (χ4v) is 1.87. The lowest BCUT2D eigenvalue weighted by Gasteiger charge is -2.10. The summed E-state index contributed by atoms with van der Waals surface area (Å²) in [5.74, 6) is -1.43. The fourth-order valence-electron chi connectivity index (χ4n) is 1.54. The number of nitro groups is 1. The van der Waals surface area contributed by atoms with Crippen LogP contribution in [0.5, 0.6) is 0 Å². The summed E-state index contributed by atoms with van der Waals surface area (Å²) in [6, 6.07) is 5.49. The van der Waals surface area contributed by atoms with Crippen LogP contribution in [0.1, 0.15) is 10.4 Å². The van der Waals surface area contributed by atoms with E-state index in [1.807, 2.05) is 0 Å². The van der Waals surface area contributed by atoms with E-state index in [0.29, 0.717) is 15.7 Å². The monoisotopic (exact) mass is 327 g/mol. The first-order valence-electron chi connectivity index (χ1n) is 5.48. The quantitative estimate of drug-likeness (QED) is 0.654. The van der Waals surface area contributed by atoms with Gasteiger partial charge in [-0.2, -0.15) is 0 Å². The van der Waals surface area contributed by atoms with Crippen molar-refractivity contribution in [3.8, 4) is 0 Å². The average molecular weight is 328 g/mol. The number of nitrogens with one attached hydrogen (secondary N) is 1. The normalized spacial score (nSPS) is 10.2. The van der Waals surface area contributed by atoms with Crippen molar-refractivity contribution < 1.29 is 14.8 Å². The van der Waals surface area contributed by atoms with Crippen molar-refractivity contribution in [2.24, 2.45) is 0 Å². The van der Waals surface area contributed by atoms with Gasteiger partial charge < -0.3 is 10.4 Å². The molecule has 0 bridgehead atoms. The summed E-state index contributed by atoms with van der Waals surface area (Å²) < 4.78 is 0. The molecule has 2 aromatic rings. The number of nitrogens with zero attached hydrogens (tertiary/aromatic N) is 2. The zero-order valence-corrected chi connectivity index (χ0v) is 11.7. The van der Waals surface area contributed by atoms with Crippen LogP contribution in [0, 0.1) is 10.1 Å². The number of pyridine rings is 1. The Bertz CT molecular complexity index is 736. The van der Waals surface area contributed by atoms with Crippen molar-refractivity contribution in [3.05, 3.63) is 56.2 Å². The maximum Gasteiger partial charge on any atom is 0.339 e. The SMILES string of the molecule is O=C(O)c1cc([N+](=O)[O-])cnc1Nc1cc(Cl)ccc1Cl. The molecule has 0 aliphatic carbocycles. The van der Waals surface area contributed by atoms with E-state index < -0.39 is 16.6 Å². The second kappa shape index (κ2) is 5.94. The number of halogens is 2. The van der Waals surface area contributed by atoms with Crippen LogP contribution in [0.25, 0.3) is 0 Å².